The lowest BCUT2D eigenvalue weighted by atomic mass is 10.0. The first-order valence-corrected chi connectivity index (χ1v) is 12.9. The van der Waals surface area contributed by atoms with Crippen LogP contribution in [0.25, 0.3) is 0 Å². The monoisotopic (exact) mass is 410 g/mol. The maximum Gasteiger partial charge on any atom is 0.306 e. The van der Waals surface area contributed by atoms with E-state index in [9.17, 15) is 9.59 Å². The molecule has 0 aliphatic carbocycles. The molecule has 29 heavy (non-hydrogen) atoms. The summed E-state index contributed by atoms with van der Waals surface area (Å²) in [4.78, 5) is 22.2. The number of esters is 1. The fraction of sp³-hybridized carbons (Fsp3) is 0.923. The molecule has 0 heterocycles. The molecule has 3 nitrogen and oxygen atoms in total. The predicted molar refractivity (Wildman–Crippen MR) is 124 cm³/mol. The molecule has 0 N–H and O–H groups in total. The van der Waals surface area contributed by atoms with Gasteiger partial charge in [-0.2, -0.15) is 0 Å². The lowest BCUT2D eigenvalue weighted by molar-refractivity contribution is -0.149. The zero-order valence-electron chi connectivity index (χ0n) is 19.7. The highest BCUT2D eigenvalue weighted by Crippen LogP contribution is 2.15. The molecular weight excluding hydrogens is 360 g/mol. The van der Waals surface area contributed by atoms with Crippen LogP contribution < -0.4 is 0 Å². The van der Waals surface area contributed by atoms with Gasteiger partial charge in [0, 0.05) is 12.8 Å². The summed E-state index contributed by atoms with van der Waals surface area (Å²) in [5.41, 5.74) is 0. The summed E-state index contributed by atoms with van der Waals surface area (Å²) >= 11 is 0. The second-order valence-electron chi connectivity index (χ2n) is 8.67. The molecule has 0 radical (unpaired) electrons. The van der Waals surface area contributed by atoms with Gasteiger partial charge in [0.2, 0.25) is 0 Å². The Labute approximate surface area is 181 Å². The average Bonchev–Trinajstić information content (AvgIpc) is 2.72. The second-order valence-corrected chi connectivity index (χ2v) is 8.67. The molecule has 0 aromatic heterocycles. The highest BCUT2D eigenvalue weighted by molar-refractivity contribution is 5.69. The molecule has 0 saturated heterocycles. The van der Waals surface area contributed by atoms with Crippen molar-refractivity contribution in [3.63, 3.8) is 0 Å². The molecule has 172 valence electrons. The van der Waals surface area contributed by atoms with E-state index < -0.39 is 0 Å². The van der Waals surface area contributed by atoms with E-state index >= 15 is 0 Å². The van der Waals surface area contributed by atoms with Gasteiger partial charge >= 0.3 is 5.97 Å². The van der Waals surface area contributed by atoms with Crippen LogP contribution in [0.5, 0.6) is 0 Å². The van der Waals surface area contributed by atoms with Gasteiger partial charge < -0.3 is 9.53 Å². The molecule has 3 heteroatoms. The van der Waals surface area contributed by atoms with Crippen molar-refractivity contribution in [2.75, 3.05) is 0 Å². The quantitative estimate of drug-likeness (QED) is 0.0965. The van der Waals surface area contributed by atoms with Crippen LogP contribution in [0.15, 0.2) is 0 Å². The summed E-state index contributed by atoms with van der Waals surface area (Å²) < 4.78 is 5.62. The minimum absolute atomic E-state index is 0.0112. The summed E-state index contributed by atoms with van der Waals surface area (Å²) in [6, 6.07) is 0. The molecule has 0 aromatic carbocycles. The van der Waals surface area contributed by atoms with Crippen LogP contribution in [0.1, 0.15) is 149 Å². The minimum atomic E-state index is 0.0112. The molecule has 0 spiro atoms. The molecule has 0 bridgehead atoms. The van der Waals surface area contributed by atoms with E-state index in [1.54, 1.807) is 0 Å². The van der Waals surface area contributed by atoms with Crippen molar-refractivity contribution in [1.29, 1.82) is 0 Å². The Morgan fingerprint density at radius 3 is 1.62 bits per heavy atom. The van der Waals surface area contributed by atoms with Crippen molar-refractivity contribution in [3.05, 3.63) is 0 Å². The molecule has 0 amide bonds. The maximum absolute atomic E-state index is 12.0. The van der Waals surface area contributed by atoms with Gasteiger partial charge in [0.1, 0.15) is 12.4 Å². The van der Waals surface area contributed by atoms with Crippen molar-refractivity contribution in [2.45, 2.75) is 155 Å². The third kappa shape index (κ3) is 21.7. The molecule has 0 aliphatic heterocycles. The fourth-order valence-electron chi connectivity index (χ4n) is 3.83. The average molecular weight is 411 g/mol. The SMILES string of the molecule is CCCCCC(CC)OC(=O)CCCCCCCCCCCCCCCCC=O. The van der Waals surface area contributed by atoms with E-state index in [-0.39, 0.29) is 12.1 Å². The van der Waals surface area contributed by atoms with Gasteiger partial charge in [-0.25, -0.2) is 0 Å². The Kier molecular flexibility index (Phi) is 22.7. The Hall–Kier alpha value is -0.860. The number of hydrogen-bond donors (Lipinski definition) is 0. The van der Waals surface area contributed by atoms with E-state index in [2.05, 4.69) is 13.8 Å². The zero-order chi connectivity index (χ0) is 21.4. The summed E-state index contributed by atoms with van der Waals surface area (Å²) in [6.45, 7) is 4.32. The molecule has 0 aliphatic rings. The number of unbranched alkanes of at least 4 members (excludes halogenated alkanes) is 16. The maximum atomic E-state index is 12.0. The van der Waals surface area contributed by atoms with Crippen LogP contribution in [0, 0.1) is 0 Å². The van der Waals surface area contributed by atoms with Crippen molar-refractivity contribution in [3.8, 4) is 0 Å². The van der Waals surface area contributed by atoms with Gasteiger partial charge in [0.25, 0.3) is 0 Å². The van der Waals surface area contributed by atoms with Gasteiger partial charge in [-0.15, -0.1) is 0 Å². The van der Waals surface area contributed by atoms with E-state index in [0.717, 1.165) is 44.8 Å². The van der Waals surface area contributed by atoms with Crippen molar-refractivity contribution < 1.29 is 14.3 Å². The smallest absolute Gasteiger partial charge is 0.306 e. The van der Waals surface area contributed by atoms with Gasteiger partial charge in [-0.1, -0.05) is 104 Å². The standard InChI is InChI=1S/C26H50O3/c1-3-5-19-22-25(4-2)29-26(28)23-20-17-15-13-11-9-7-6-8-10-12-14-16-18-21-24-27/h24-25H,3-23H2,1-2H3. The molecule has 0 fully saturated rings. The highest BCUT2D eigenvalue weighted by Gasteiger charge is 2.11. The van der Waals surface area contributed by atoms with E-state index in [1.165, 1.54) is 89.9 Å². The summed E-state index contributed by atoms with van der Waals surface area (Å²) in [6.07, 6.45) is 25.9. The topological polar surface area (TPSA) is 43.4 Å². The van der Waals surface area contributed by atoms with Crippen molar-refractivity contribution >= 4 is 12.3 Å². The van der Waals surface area contributed by atoms with Gasteiger partial charge in [-0.05, 0) is 32.1 Å². The summed E-state index contributed by atoms with van der Waals surface area (Å²) in [7, 11) is 0. The Bertz CT molecular complexity index is 354. The highest BCUT2D eigenvalue weighted by atomic mass is 16.5. The number of aldehydes is 1. The third-order valence-corrected chi connectivity index (χ3v) is 5.84. The Morgan fingerprint density at radius 2 is 1.17 bits per heavy atom. The molecule has 1 atom stereocenters. The number of carbonyl (C=O) groups excluding carboxylic acids is 2. The number of hydrogen-bond acceptors (Lipinski definition) is 3. The first kappa shape index (κ1) is 28.1. The van der Waals surface area contributed by atoms with Crippen LogP contribution in [-0.2, 0) is 14.3 Å². The van der Waals surface area contributed by atoms with Crippen LogP contribution in [0.4, 0.5) is 0 Å². The number of carbonyl (C=O) groups is 2. The first-order valence-electron chi connectivity index (χ1n) is 12.9. The molecule has 1 unspecified atom stereocenters. The predicted octanol–water partition coefficient (Wildman–Crippen LogP) is 8.33. The number of ether oxygens (including phenoxy) is 1. The zero-order valence-corrected chi connectivity index (χ0v) is 19.7. The molecule has 0 rings (SSSR count). The van der Waals surface area contributed by atoms with Crippen LogP contribution in [-0.4, -0.2) is 18.4 Å². The van der Waals surface area contributed by atoms with Crippen molar-refractivity contribution in [2.24, 2.45) is 0 Å². The third-order valence-electron chi connectivity index (χ3n) is 5.84. The van der Waals surface area contributed by atoms with E-state index in [4.69, 9.17) is 4.74 Å². The van der Waals surface area contributed by atoms with Gasteiger partial charge in [-0.3, -0.25) is 4.79 Å². The molecule has 0 saturated carbocycles. The Balaban J connectivity index is 3.30. The molecular formula is C26H50O3. The second kappa shape index (κ2) is 23.4. The van der Waals surface area contributed by atoms with Crippen LogP contribution >= 0.6 is 0 Å². The van der Waals surface area contributed by atoms with E-state index in [0.29, 0.717) is 6.42 Å². The molecule has 0 aromatic rings. The Morgan fingerprint density at radius 1 is 0.690 bits per heavy atom. The van der Waals surface area contributed by atoms with Crippen molar-refractivity contribution in [1.82, 2.24) is 0 Å². The van der Waals surface area contributed by atoms with Gasteiger partial charge in [0.15, 0.2) is 0 Å². The lowest BCUT2D eigenvalue weighted by Crippen LogP contribution is -2.17. The first-order chi connectivity index (χ1) is 14.2. The summed E-state index contributed by atoms with van der Waals surface area (Å²) in [5.74, 6) is 0.0112. The van der Waals surface area contributed by atoms with Crippen LogP contribution in [0.3, 0.4) is 0 Å². The minimum Gasteiger partial charge on any atom is -0.462 e. The fourth-order valence-corrected chi connectivity index (χ4v) is 3.83. The van der Waals surface area contributed by atoms with Gasteiger partial charge in [0.05, 0.1) is 0 Å². The van der Waals surface area contributed by atoms with Crippen LogP contribution in [0.2, 0.25) is 0 Å². The normalized spacial score (nSPS) is 12.1. The lowest BCUT2D eigenvalue weighted by Gasteiger charge is -2.16. The van der Waals surface area contributed by atoms with E-state index in [1.807, 2.05) is 0 Å². The largest absolute Gasteiger partial charge is 0.462 e. The number of rotatable bonds is 23. The summed E-state index contributed by atoms with van der Waals surface area (Å²) in [5, 5.41) is 0.